The molecule has 0 aliphatic heterocycles. The van der Waals surface area contributed by atoms with Gasteiger partial charge in [-0.1, -0.05) is 6.92 Å². The van der Waals surface area contributed by atoms with Gasteiger partial charge in [0.05, 0.1) is 39.6 Å². The molecule has 0 fully saturated rings. The first-order valence-electron chi connectivity index (χ1n) is 6.02. The second-order valence-electron chi connectivity index (χ2n) is 3.49. The van der Waals surface area contributed by atoms with Gasteiger partial charge in [-0.15, -0.1) is 0 Å². The van der Waals surface area contributed by atoms with E-state index in [-0.39, 0.29) is 5.91 Å². The lowest BCUT2D eigenvalue weighted by Gasteiger charge is -2.14. The van der Waals surface area contributed by atoms with Crippen LogP contribution in [-0.2, 0) is 23.7 Å². The predicted octanol–water partition coefficient (Wildman–Crippen LogP) is -0.549. The van der Waals surface area contributed by atoms with Gasteiger partial charge in [-0.2, -0.15) is 0 Å². The Balaban J connectivity index is 3.31. The summed E-state index contributed by atoms with van der Waals surface area (Å²) in [5.74, 6) is 4.70. The summed E-state index contributed by atoms with van der Waals surface area (Å²) in [6.45, 7) is 4.77. The third kappa shape index (κ3) is 9.32. The summed E-state index contributed by atoms with van der Waals surface area (Å²) in [7, 11) is 1.62. The van der Waals surface area contributed by atoms with Gasteiger partial charge in [0.2, 0.25) is 0 Å². The maximum atomic E-state index is 11.2. The standard InChI is InChI=1S/C11H24N2O5/c1-3-10(11(14)13-12)18-9-8-17-7-6-16-5-4-15-2/h10H,3-9,12H2,1-2H3,(H,13,14). The zero-order valence-electron chi connectivity index (χ0n) is 11.1. The van der Waals surface area contributed by atoms with E-state index in [1.54, 1.807) is 7.11 Å². The second kappa shape index (κ2) is 12.7. The number of methoxy groups -OCH3 is 1. The molecule has 7 heteroatoms. The summed E-state index contributed by atoms with van der Waals surface area (Å²) in [6, 6.07) is 0. The van der Waals surface area contributed by atoms with Gasteiger partial charge in [-0.25, -0.2) is 5.84 Å². The first kappa shape index (κ1) is 17.3. The van der Waals surface area contributed by atoms with Gasteiger partial charge < -0.3 is 18.9 Å². The van der Waals surface area contributed by atoms with E-state index < -0.39 is 6.10 Å². The lowest BCUT2D eigenvalue weighted by molar-refractivity contribution is -0.134. The molecule has 0 bridgehead atoms. The summed E-state index contributed by atoms with van der Waals surface area (Å²) in [5, 5.41) is 0. The minimum Gasteiger partial charge on any atom is -0.382 e. The number of ether oxygens (including phenoxy) is 4. The molecule has 0 radical (unpaired) electrons. The molecule has 0 aliphatic carbocycles. The largest absolute Gasteiger partial charge is 0.382 e. The Kier molecular flexibility index (Phi) is 12.2. The van der Waals surface area contributed by atoms with Crippen LogP contribution in [-0.4, -0.2) is 58.8 Å². The number of nitrogens with two attached hydrogens (primary N) is 1. The number of carbonyl (C=O) groups excluding carboxylic acids is 1. The Bertz CT molecular complexity index is 204. The lowest BCUT2D eigenvalue weighted by atomic mass is 10.2. The molecule has 1 unspecified atom stereocenters. The van der Waals surface area contributed by atoms with Crippen LogP contribution in [0.3, 0.4) is 0 Å². The molecule has 18 heavy (non-hydrogen) atoms. The van der Waals surface area contributed by atoms with Crippen LogP contribution in [0.5, 0.6) is 0 Å². The van der Waals surface area contributed by atoms with E-state index in [4.69, 9.17) is 24.8 Å². The van der Waals surface area contributed by atoms with E-state index in [0.717, 1.165) is 0 Å². The van der Waals surface area contributed by atoms with Crippen LogP contribution in [0.4, 0.5) is 0 Å². The van der Waals surface area contributed by atoms with Crippen molar-refractivity contribution in [1.82, 2.24) is 5.43 Å². The fourth-order valence-corrected chi connectivity index (χ4v) is 1.19. The molecule has 0 aliphatic rings. The molecular weight excluding hydrogens is 240 g/mol. The molecule has 0 spiro atoms. The van der Waals surface area contributed by atoms with Crippen molar-refractivity contribution in [3.8, 4) is 0 Å². The smallest absolute Gasteiger partial charge is 0.262 e. The highest BCUT2D eigenvalue weighted by molar-refractivity contribution is 5.79. The molecule has 1 amide bonds. The highest BCUT2D eigenvalue weighted by atomic mass is 16.6. The monoisotopic (exact) mass is 264 g/mol. The van der Waals surface area contributed by atoms with Crippen molar-refractivity contribution in [1.29, 1.82) is 0 Å². The van der Waals surface area contributed by atoms with Crippen LogP contribution in [0.25, 0.3) is 0 Å². The number of hydrogen-bond acceptors (Lipinski definition) is 6. The molecule has 0 aromatic heterocycles. The Labute approximate surface area is 108 Å². The minimum absolute atomic E-state index is 0.319. The topological polar surface area (TPSA) is 92.0 Å². The third-order valence-electron chi connectivity index (χ3n) is 2.16. The van der Waals surface area contributed by atoms with E-state index in [0.29, 0.717) is 46.1 Å². The van der Waals surface area contributed by atoms with E-state index in [1.807, 2.05) is 6.92 Å². The Hall–Kier alpha value is -0.730. The molecule has 0 heterocycles. The molecule has 108 valence electrons. The number of rotatable bonds is 12. The average Bonchev–Trinajstić information content (AvgIpc) is 2.40. The molecule has 1 atom stereocenters. The van der Waals surface area contributed by atoms with Gasteiger partial charge in [0.1, 0.15) is 6.10 Å². The number of carbonyl (C=O) groups is 1. The number of nitrogens with one attached hydrogen (secondary N) is 1. The van der Waals surface area contributed by atoms with Crippen molar-refractivity contribution >= 4 is 5.91 Å². The molecular formula is C11H24N2O5. The Morgan fingerprint density at radius 1 is 1.11 bits per heavy atom. The molecule has 3 N–H and O–H groups in total. The van der Waals surface area contributed by atoms with Crippen molar-refractivity contribution in [2.75, 3.05) is 46.8 Å². The van der Waals surface area contributed by atoms with Gasteiger partial charge >= 0.3 is 0 Å². The van der Waals surface area contributed by atoms with Gasteiger partial charge in [0, 0.05) is 7.11 Å². The summed E-state index contributed by atoms with van der Waals surface area (Å²) in [5.41, 5.74) is 2.06. The first-order valence-corrected chi connectivity index (χ1v) is 6.02. The third-order valence-corrected chi connectivity index (χ3v) is 2.16. The van der Waals surface area contributed by atoms with Crippen LogP contribution in [0.15, 0.2) is 0 Å². The molecule has 0 saturated carbocycles. The summed E-state index contributed by atoms with van der Waals surface area (Å²) in [6.07, 6.45) is 0.0555. The molecule has 0 saturated heterocycles. The van der Waals surface area contributed by atoms with Gasteiger partial charge in [0.25, 0.3) is 5.91 Å². The predicted molar refractivity (Wildman–Crippen MR) is 65.9 cm³/mol. The molecule has 0 rings (SSSR count). The van der Waals surface area contributed by atoms with E-state index in [9.17, 15) is 4.79 Å². The van der Waals surface area contributed by atoms with Gasteiger partial charge in [0.15, 0.2) is 0 Å². The summed E-state index contributed by atoms with van der Waals surface area (Å²) >= 11 is 0. The van der Waals surface area contributed by atoms with E-state index in [1.165, 1.54) is 0 Å². The molecule has 0 aromatic rings. The second-order valence-corrected chi connectivity index (χ2v) is 3.49. The maximum absolute atomic E-state index is 11.2. The Morgan fingerprint density at radius 2 is 1.67 bits per heavy atom. The minimum atomic E-state index is -0.517. The van der Waals surface area contributed by atoms with Crippen LogP contribution >= 0.6 is 0 Å². The SMILES string of the molecule is CCC(OCCOCCOCCOC)C(=O)NN. The normalized spacial score (nSPS) is 12.4. The highest BCUT2D eigenvalue weighted by Gasteiger charge is 2.14. The van der Waals surface area contributed by atoms with E-state index in [2.05, 4.69) is 5.43 Å². The van der Waals surface area contributed by atoms with Crippen LogP contribution in [0.2, 0.25) is 0 Å². The lowest BCUT2D eigenvalue weighted by Crippen LogP contribution is -2.40. The van der Waals surface area contributed by atoms with Crippen LogP contribution in [0, 0.1) is 0 Å². The van der Waals surface area contributed by atoms with Crippen LogP contribution < -0.4 is 11.3 Å². The van der Waals surface area contributed by atoms with Crippen molar-refractivity contribution in [3.05, 3.63) is 0 Å². The van der Waals surface area contributed by atoms with Crippen molar-refractivity contribution in [2.24, 2.45) is 5.84 Å². The number of amides is 1. The molecule has 0 aromatic carbocycles. The fraction of sp³-hybridized carbons (Fsp3) is 0.909. The van der Waals surface area contributed by atoms with Gasteiger partial charge in [-0.05, 0) is 6.42 Å². The quantitative estimate of drug-likeness (QED) is 0.213. The van der Waals surface area contributed by atoms with Crippen molar-refractivity contribution in [2.45, 2.75) is 19.4 Å². The van der Waals surface area contributed by atoms with Crippen LogP contribution in [0.1, 0.15) is 13.3 Å². The van der Waals surface area contributed by atoms with E-state index >= 15 is 0 Å². The number of hydrazine groups is 1. The van der Waals surface area contributed by atoms with Gasteiger partial charge in [-0.3, -0.25) is 10.2 Å². The van der Waals surface area contributed by atoms with Crippen molar-refractivity contribution in [3.63, 3.8) is 0 Å². The van der Waals surface area contributed by atoms with Crippen molar-refractivity contribution < 1.29 is 23.7 Å². The highest BCUT2D eigenvalue weighted by Crippen LogP contribution is 1.97. The average molecular weight is 264 g/mol. The summed E-state index contributed by atoms with van der Waals surface area (Å²) in [4.78, 5) is 11.2. The number of hydrogen-bond donors (Lipinski definition) is 2. The fourth-order valence-electron chi connectivity index (χ4n) is 1.19. The maximum Gasteiger partial charge on any atom is 0.262 e. The molecule has 7 nitrogen and oxygen atoms in total. The Morgan fingerprint density at radius 3 is 2.17 bits per heavy atom. The zero-order chi connectivity index (χ0) is 13.6. The first-order chi connectivity index (χ1) is 8.76. The summed E-state index contributed by atoms with van der Waals surface area (Å²) < 4.78 is 20.6. The zero-order valence-corrected chi connectivity index (χ0v) is 11.1.